The van der Waals surface area contributed by atoms with Crippen LogP contribution < -0.4 is 4.74 Å². The molecule has 0 bridgehead atoms. The first-order valence-corrected chi connectivity index (χ1v) is 8.18. The van der Waals surface area contributed by atoms with Crippen molar-refractivity contribution >= 4 is 11.6 Å². The molecule has 1 saturated carbocycles. The van der Waals surface area contributed by atoms with Gasteiger partial charge >= 0.3 is 0 Å². The zero-order valence-corrected chi connectivity index (χ0v) is 12.3. The van der Waals surface area contributed by atoms with Gasteiger partial charge in [0.15, 0.2) is 0 Å². The van der Waals surface area contributed by atoms with Crippen LogP contribution in [0, 0.1) is 5.92 Å². The summed E-state index contributed by atoms with van der Waals surface area (Å²) < 4.78 is 5.57. The Morgan fingerprint density at radius 3 is 2.58 bits per heavy atom. The molecule has 1 unspecified atom stereocenters. The molecule has 1 fully saturated rings. The third kappa shape index (κ3) is 3.08. The van der Waals surface area contributed by atoms with Gasteiger partial charge in [0.1, 0.15) is 5.75 Å². The van der Waals surface area contributed by atoms with E-state index in [4.69, 9.17) is 16.3 Å². The first-order valence-electron chi connectivity index (χ1n) is 7.74. The Balaban J connectivity index is 1.72. The lowest BCUT2D eigenvalue weighted by Crippen LogP contribution is -2.10. The van der Waals surface area contributed by atoms with Crippen molar-refractivity contribution in [1.82, 2.24) is 0 Å². The summed E-state index contributed by atoms with van der Waals surface area (Å²) in [6.07, 6.45) is 10.5. The molecule has 1 aromatic rings. The number of alkyl halides is 1. The number of benzene rings is 1. The fourth-order valence-electron chi connectivity index (χ4n) is 3.43. The lowest BCUT2D eigenvalue weighted by molar-refractivity contribution is 0.356. The molecule has 1 aliphatic heterocycles. The van der Waals surface area contributed by atoms with Crippen LogP contribution in [0.1, 0.15) is 61.4 Å². The van der Waals surface area contributed by atoms with Gasteiger partial charge in [0.2, 0.25) is 0 Å². The predicted octanol–water partition coefficient (Wildman–Crippen LogP) is 5.26. The minimum atomic E-state index is 0.184. The predicted molar refractivity (Wildman–Crippen MR) is 80.0 cm³/mol. The van der Waals surface area contributed by atoms with Crippen LogP contribution in [0.4, 0.5) is 0 Å². The van der Waals surface area contributed by atoms with Gasteiger partial charge in [0, 0.05) is 6.42 Å². The van der Waals surface area contributed by atoms with Crippen molar-refractivity contribution in [2.75, 3.05) is 6.61 Å². The summed E-state index contributed by atoms with van der Waals surface area (Å²) in [6.45, 7) is 0.829. The molecule has 2 heteroatoms. The highest BCUT2D eigenvalue weighted by Crippen LogP contribution is 2.39. The summed E-state index contributed by atoms with van der Waals surface area (Å²) in [5.74, 6) is 1.72. The Bertz CT molecular complexity index is 421. The van der Waals surface area contributed by atoms with E-state index in [-0.39, 0.29) is 5.38 Å². The maximum atomic E-state index is 6.77. The zero-order valence-electron chi connectivity index (χ0n) is 11.5. The van der Waals surface area contributed by atoms with E-state index in [1.165, 1.54) is 56.1 Å². The molecule has 0 aromatic heterocycles. The van der Waals surface area contributed by atoms with E-state index < -0.39 is 0 Å². The normalized spacial score (nSPS) is 22.2. The molecule has 19 heavy (non-hydrogen) atoms. The fraction of sp³-hybridized carbons (Fsp3) is 0.647. The molecule has 1 aliphatic carbocycles. The van der Waals surface area contributed by atoms with Crippen LogP contribution in [0.2, 0.25) is 0 Å². The lowest BCUT2D eigenvalue weighted by Gasteiger charge is -2.25. The molecule has 0 N–H and O–H groups in total. The summed E-state index contributed by atoms with van der Waals surface area (Å²) in [5, 5.41) is 0.184. The van der Waals surface area contributed by atoms with Gasteiger partial charge in [-0.2, -0.15) is 0 Å². The monoisotopic (exact) mass is 278 g/mol. The van der Waals surface area contributed by atoms with Gasteiger partial charge in [0.25, 0.3) is 0 Å². The highest BCUT2D eigenvalue weighted by molar-refractivity contribution is 6.21. The van der Waals surface area contributed by atoms with Crippen molar-refractivity contribution in [2.24, 2.45) is 5.92 Å². The van der Waals surface area contributed by atoms with E-state index >= 15 is 0 Å². The number of hydrogen-bond acceptors (Lipinski definition) is 1. The van der Waals surface area contributed by atoms with Gasteiger partial charge in [-0.15, -0.1) is 11.6 Å². The van der Waals surface area contributed by atoms with Crippen LogP contribution >= 0.6 is 11.6 Å². The molecule has 104 valence electrons. The van der Waals surface area contributed by atoms with Gasteiger partial charge in [-0.05, 0) is 36.0 Å². The van der Waals surface area contributed by atoms with Crippen molar-refractivity contribution in [1.29, 1.82) is 0 Å². The Labute approximate surface area is 121 Å². The maximum absolute atomic E-state index is 6.77. The first-order chi connectivity index (χ1) is 9.34. The molecule has 1 nitrogen and oxygen atoms in total. The number of rotatable bonds is 2. The quantitative estimate of drug-likeness (QED) is 0.670. The average molecular weight is 279 g/mol. The van der Waals surface area contributed by atoms with Crippen molar-refractivity contribution in [2.45, 2.75) is 56.7 Å². The van der Waals surface area contributed by atoms with Gasteiger partial charge in [-0.3, -0.25) is 0 Å². The molecule has 2 aliphatic rings. The van der Waals surface area contributed by atoms with E-state index in [1.54, 1.807) is 0 Å². The number of halogens is 1. The summed E-state index contributed by atoms with van der Waals surface area (Å²) >= 11 is 6.77. The highest BCUT2D eigenvalue weighted by Gasteiger charge is 2.23. The van der Waals surface area contributed by atoms with Crippen molar-refractivity contribution in [3.63, 3.8) is 0 Å². The second-order valence-electron chi connectivity index (χ2n) is 5.97. The van der Waals surface area contributed by atoms with Gasteiger partial charge in [0.05, 0.1) is 12.0 Å². The molecule has 0 spiro atoms. The number of fused-ring (bicyclic) bond motifs is 1. The third-order valence-electron chi connectivity index (χ3n) is 4.60. The van der Waals surface area contributed by atoms with Crippen LogP contribution in [0.3, 0.4) is 0 Å². The Hall–Kier alpha value is -0.690. The maximum Gasteiger partial charge on any atom is 0.122 e. The summed E-state index contributed by atoms with van der Waals surface area (Å²) in [6, 6.07) is 6.55. The topological polar surface area (TPSA) is 9.23 Å². The first kappa shape index (κ1) is 13.3. The second-order valence-corrected chi connectivity index (χ2v) is 6.44. The van der Waals surface area contributed by atoms with Crippen LogP contribution in [-0.2, 0) is 6.42 Å². The molecule has 1 aromatic carbocycles. The smallest absolute Gasteiger partial charge is 0.122 e. The fourth-order valence-corrected chi connectivity index (χ4v) is 3.82. The van der Waals surface area contributed by atoms with Gasteiger partial charge in [-0.1, -0.05) is 44.2 Å². The Kier molecular flexibility index (Phi) is 4.32. The van der Waals surface area contributed by atoms with Gasteiger partial charge < -0.3 is 4.74 Å². The third-order valence-corrected chi connectivity index (χ3v) is 5.20. The van der Waals surface area contributed by atoms with Crippen molar-refractivity contribution in [3.8, 4) is 5.75 Å². The summed E-state index contributed by atoms with van der Waals surface area (Å²) in [4.78, 5) is 0. The highest BCUT2D eigenvalue weighted by atomic mass is 35.5. The molecule has 0 amide bonds. The van der Waals surface area contributed by atoms with E-state index in [2.05, 4.69) is 18.2 Å². The number of hydrogen-bond donors (Lipinski definition) is 0. The van der Waals surface area contributed by atoms with E-state index in [0.29, 0.717) is 5.92 Å². The molecule has 0 saturated heterocycles. The molecule has 1 atom stereocenters. The van der Waals surface area contributed by atoms with Crippen molar-refractivity contribution < 1.29 is 4.74 Å². The minimum absolute atomic E-state index is 0.184. The van der Waals surface area contributed by atoms with E-state index in [0.717, 1.165) is 18.8 Å². The summed E-state index contributed by atoms with van der Waals surface area (Å²) in [7, 11) is 0. The lowest BCUT2D eigenvalue weighted by atomic mass is 9.86. The van der Waals surface area contributed by atoms with E-state index in [9.17, 15) is 0 Å². The van der Waals surface area contributed by atoms with E-state index in [1.807, 2.05) is 0 Å². The largest absolute Gasteiger partial charge is 0.493 e. The van der Waals surface area contributed by atoms with Crippen LogP contribution in [-0.4, -0.2) is 6.61 Å². The Morgan fingerprint density at radius 2 is 1.79 bits per heavy atom. The minimum Gasteiger partial charge on any atom is -0.493 e. The Morgan fingerprint density at radius 1 is 1.05 bits per heavy atom. The van der Waals surface area contributed by atoms with Gasteiger partial charge in [-0.25, -0.2) is 0 Å². The molecule has 1 heterocycles. The average Bonchev–Trinajstić information content (AvgIpc) is 2.84. The SMILES string of the molecule is ClC(c1ccc2c(c1)CCO2)C1CCCCCCC1. The van der Waals surface area contributed by atoms with Crippen LogP contribution in [0.15, 0.2) is 18.2 Å². The molecular weight excluding hydrogens is 256 g/mol. The van der Waals surface area contributed by atoms with Crippen LogP contribution in [0.5, 0.6) is 5.75 Å². The second kappa shape index (κ2) is 6.17. The molecular formula is C17H23ClO. The molecule has 3 rings (SSSR count). The van der Waals surface area contributed by atoms with Crippen molar-refractivity contribution in [3.05, 3.63) is 29.3 Å². The molecule has 0 radical (unpaired) electrons. The zero-order chi connectivity index (χ0) is 13.1. The standard InChI is InChI=1S/C17H23ClO/c18-17(13-6-4-2-1-3-5-7-13)15-8-9-16-14(12-15)10-11-19-16/h8-9,12-13,17H,1-7,10-11H2. The number of ether oxygens (including phenoxy) is 1. The van der Waals surface area contributed by atoms with Crippen LogP contribution in [0.25, 0.3) is 0 Å². The summed E-state index contributed by atoms with van der Waals surface area (Å²) in [5.41, 5.74) is 2.64.